The van der Waals surface area contributed by atoms with Crippen molar-refractivity contribution in [3.8, 4) is 0 Å². The maximum atomic E-state index is 12.4. The third-order valence-electron chi connectivity index (χ3n) is 1.81. The molecule has 1 N–H and O–H groups in total. The first-order valence-corrected chi connectivity index (χ1v) is 5.00. The number of aliphatic hydroxyl groups excluding tert-OH is 1. The van der Waals surface area contributed by atoms with Crippen LogP contribution in [0.1, 0.15) is 23.2 Å². The zero-order chi connectivity index (χ0) is 12.5. The van der Waals surface area contributed by atoms with Crippen molar-refractivity contribution >= 4 is 22.6 Å². The van der Waals surface area contributed by atoms with E-state index in [-0.39, 0.29) is 0 Å². The summed E-state index contributed by atoms with van der Waals surface area (Å²) in [7, 11) is 0. The van der Waals surface area contributed by atoms with E-state index in [2.05, 4.69) is 4.98 Å². The highest BCUT2D eigenvalue weighted by molar-refractivity contribution is 14.1. The van der Waals surface area contributed by atoms with Crippen molar-refractivity contribution in [2.24, 2.45) is 0 Å². The lowest BCUT2D eigenvalue weighted by Crippen LogP contribution is -2.13. The van der Waals surface area contributed by atoms with Gasteiger partial charge in [-0.1, -0.05) is 0 Å². The Balaban J connectivity index is 3.41. The standard InChI is InChI=1S/C8H5F5INO/c9-7(10)6-3(2-16)5(14)4(1-15-6)8(11,12)13/h1,7,16H,2H2. The summed E-state index contributed by atoms with van der Waals surface area (Å²) in [5.74, 6) is 0. The zero-order valence-electron chi connectivity index (χ0n) is 7.52. The lowest BCUT2D eigenvalue weighted by Gasteiger charge is -2.14. The third kappa shape index (κ3) is 2.59. The van der Waals surface area contributed by atoms with E-state index in [1.54, 1.807) is 0 Å². The van der Waals surface area contributed by atoms with Crippen LogP contribution >= 0.6 is 22.6 Å². The summed E-state index contributed by atoms with van der Waals surface area (Å²) < 4.78 is 61.4. The van der Waals surface area contributed by atoms with Gasteiger partial charge in [0.2, 0.25) is 0 Å². The minimum absolute atomic E-state index is 0.350. The number of pyridine rings is 1. The van der Waals surface area contributed by atoms with Gasteiger partial charge in [-0.2, -0.15) is 13.2 Å². The molecule has 0 saturated carbocycles. The highest BCUT2D eigenvalue weighted by Crippen LogP contribution is 2.36. The first-order chi connectivity index (χ1) is 7.29. The Labute approximate surface area is 101 Å². The van der Waals surface area contributed by atoms with E-state index in [4.69, 9.17) is 5.11 Å². The molecular weight excluding hydrogens is 348 g/mol. The molecule has 0 aliphatic heterocycles. The van der Waals surface area contributed by atoms with Crippen LogP contribution < -0.4 is 0 Å². The lowest BCUT2D eigenvalue weighted by molar-refractivity contribution is -0.138. The third-order valence-corrected chi connectivity index (χ3v) is 3.05. The van der Waals surface area contributed by atoms with Crippen molar-refractivity contribution < 1.29 is 27.1 Å². The Kier molecular flexibility index (Phi) is 4.05. The van der Waals surface area contributed by atoms with Crippen molar-refractivity contribution in [3.05, 3.63) is 26.6 Å². The molecule has 0 spiro atoms. The van der Waals surface area contributed by atoms with Gasteiger partial charge in [-0.15, -0.1) is 0 Å². The molecule has 0 atom stereocenters. The number of alkyl halides is 5. The van der Waals surface area contributed by atoms with Gasteiger partial charge in [-0.25, -0.2) is 8.78 Å². The molecule has 90 valence electrons. The monoisotopic (exact) mass is 353 g/mol. The average molecular weight is 353 g/mol. The van der Waals surface area contributed by atoms with Crippen LogP contribution in [0.2, 0.25) is 0 Å². The highest BCUT2D eigenvalue weighted by atomic mass is 127. The molecule has 0 aromatic carbocycles. The topological polar surface area (TPSA) is 33.1 Å². The molecule has 2 nitrogen and oxygen atoms in total. The molecule has 0 aliphatic carbocycles. The van der Waals surface area contributed by atoms with Gasteiger partial charge in [0.15, 0.2) is 0 Å². The van der Waals surface area contributed by atoms with Gasteiger partial charge in [-0.05, 0) is 22.6 Å². The van der Waals surface area contributed by atoms with Crippen LogP contribution in [0, 0.1) is 3.57 Å². The SMILES string of the molecule is OCc1c(C(F)F)ncc(C(F)(F)F)c1I. The Morgan fingerprint density at radius 2 is 1.94 bits per heavy atom. The lowest BCUT2D eigenvalue weighted by atomic mass is 10.1. The molecule has 0 unspecified atom stereocenters. The van der Waals surface area contributed by atoms with Crippen LogP contribution in [-0.2, 0) is 12.8 Å². The molecule has 1 rings (SSSR count). The molecule has 0 saturated heterocycles. The van der Waals surface area contributed by atoms with Gasteiger partial charge in [-0.3, -0.25) is 4.98 Å². The van der Waals surface area contributed by atoms with Crippen molar-refractivity contribution in [3.63, 3.8) is 0 Å². The first-order valence-electron chi connectivity index (χ1n) is 3.92. The molecule has 0 fully saturated rings. The number of aromatic nitrogens is 1. The Morgan fingerprint density at radius 3 is 2.31 bits per heavy atom. The molecule has 0 amide bonds. The number of rotatable bonds is 2. The number of hydrogen-bond donors (Lipinski definition) is 1. The molecule has 0 aliphatic rings. The minimum Gasteiger partial charge on any atom is -0.392 e. The number of halogens is 6. The largest absolute Gasteiger partial charge is 0.418 e. The van der Waals surface area contributed by atoms with E-state index in [0.717, 1.165) is 0 Å². The summed E-state index contributed by atoms with van der Waals surface area (Å²) in [6.45, 7) is -0.908. The maximum Gasteiger partial charge on any atom is 0.418 e. The van der Waals surface area contributed by atoms with Crippen molar-refractivity contribution in [1.29, 1.82) is 0 Å². The quantitative estimate of drug-likeness (QED) is 0.655. The fraction of sp³-hybridized carbons (Fsp3) is 0.375. The van der Waals surface area contributed by atoms with Crippen LogP contribution in [0.4, 0.5) is 22.0 Å². The van der Waals surface area contributed by atoms with Crippen LogP contribution in [0.3, 0.4) is 0 Å². The summed E-state index contributed by atoms with van der Waals surface area (Å²) in [5.41, 5.74) is -2.42. The summed E-state index contributed by atoms with van der Waals surface area (Å²) in [4.78, 5) is 3.04. The van der Waals surface area contributed by atoms with E-state index >= 15 is 0 Å². The van der Waals surface area contributed by atoms with Crippen LogP contribution in [0.15, 0.2) is 6.20 Å². The smallest absolute Gasteiger partial charge is 0.392 e. The average Bonchev–Trinajstić information content (AvgIpc) is 2.14. The summed E-state index contributed by atoms with van der Waals surface area (Å²) in [6.07, 6.45) is -7.34. The van der Waals surface area contributed by atoms with Crippen LogP contribution in [-0.4, -0.2) is 10.1 Å². The molecule has 8 heteroatoms. The van der Waals surface area contributed by atoms with E-state index in [0.29, 0.717) is 6.20 Å². The fourth-order valence-electron chi connectivity index (χ4n) is 1.08. The minimum atomic E-state index is -4.67. The second-order valence-electron chi connectivity index (χ2n) is 2.81. The Bertz CT molecular complexity index is 393. The molecule has 1 heterocycles. The second-order valence-corrected chi connectivity index (χ2v) is 3.88. The fourth-order valence-corrected chi connectivity index (χ4v) is 1.97. The molecule has 1 aromatic heterocycles. The zero-order valence-corrected chi connectivity index (χ0v) is 9.68. The normalized spacial score (nSPS) is 12.2. The van der Waals surface area contributed by atoms with Crippen molar-refractivity contribution in [1.82, 2.24) is 4.98 Å². The van der Waals surface area contributed by atoms with E-state index in [9.17, 15) is 22.0 Å². The Morgan fingerprint density at radius 1 is 1.38 bits per heavy atom. The highest BCUT2D eigenvalue weighted by Gasteiger charge is 2.35. The molecular formula is C8H5F5INO. The Hall–Kier alpha value is -0.510. The van der Waals surface area contributed by atoms with E-state index in [1.165, 1.54) is 22.6 Å². The molecule has 0 bridgehead atoms. The van der Waals surface area contributed by atoms with Crippen LogP contribution in [0.25, 0.3) is 0 Å². The predicted octanol–water partition coefficient (Wildman–Crippen LogP) is 3.13. The number of aliphatic hydroxyl groups is 1. The predicted molar refractivity (Wildman–Crippen MR) is 52.8 cm³/mol. The first kappa shape index (κ1) is 13.6. The molecule has 0 radical (unpaired) electrons. The van der Waals surface area contributed by atoms with Crippen LogP contribution in [0.5, 0.6) is 0 Å². The molecule has 16 heavy (non-hydrogen) atoms. The van der Waals surface area contributed by atoms with E-state index in [1.807, 2.05) is 0 Å². The summed E-state index contributed by atoms with van der Waals surface area (Å²) in [6, 6.07) is 0. The van der Waals surface area contributed by atoms with Gasteiger partial charge < -0.3 is 5.11 Å². The van der Waals surface area contributed by atoms with Crippen molar-refractivity contribution in [2.45, 2.75) is 19.2 Å². The summed E-state index contributed by atoms with van der Waals surface area (Å²) >= 11 is 1.27. The van der Waals surface area contributed by atoms with E-state index < -0.39 is 39.6 Å². The van der Waals surface area contributed by atoms with Gasteiger partial charge in [0.1, 0.15) is 5.69 Å². The van der Waals surface area contributed by atoms with Gasteiger partial charge in [0, 0.05) is 15.3 Å². The number of hydrogen-bond acceptors (Lipinski definition) is 2. The number of nitrogens with zero attached hydrogens (tertiary/aromatic N) is 1. The van der Waals surface area contributed by atoms with Gasteiger partial charge >= 0.3 is 6.18 Å². The van der Waals surface area contributed by atoms with Gasteiger partial charge in [0.05, 0.1) is 12.2 Å². The maximum absolute atomic E-state index is 12.4. The molecule has 1 aromatic rings. The van der Waals surface area contributed by atoms with Crippen molar-refractivity contribution in [2.75, 3.05) is 0 Å². The second kappa shape index (κ2) is 4.78. The summed E-state index contributed by atoms with van der Waals surface area (Å²) in [5, 5.41) is 8.79. The van der Waals surface area contributed by atoms with Gasteiger partial charge in [0.25, 0.3) is 6.43 Å².